The van der Waals surface area contributed by atoms with Gasteiger partial charge in [0.25, 0.3) is 0 Å². The summed E-state index contributed by atoms with van der Waals surface area (Å²) < 4.78 is 12.2. The minimum Gasteiger partial charge on any atom is -0.309 e. The van der Waals surface area contributed by atoms with Crippen molar-refractivity contribution in [3.63, 3.8) is 0 Å². The van der Waals surface area contributed by atoms with Gasteiger partial charge in [-0.05, 0) is 124 Å². The summed E-state index contributed by atoms with van der Waals surface area (Å²) in [4.78, 5) is 30.5. The van der Waals surface area contributed by atoms with Crippen LogP contribution in [0.2, 0.25) is 0 Å². The number of thiophene rings is 2. The average Bonchev–Trinajstić information content (AvgIpc) is 1.57. The summed E-state index contributed by atoms with van der Waals surface area (Å²) in [7, 11) is 0. The molecule has 25 rings (SSSR count). The Hall–Kier alpha value is -16.2. The first-order valence-electron chi connectivity index (χ1n) is 42.0. The summed E-state index contributed by atoms with van der Waals surface area (Å²) >= 11 is 3.74. The molecule has 0 saturated heterocycles. The third-order valence-corrected chi connectivity index (χ3v) is 26.1. The molecule has 586 valence electrons. The Kier molecular flexibility index (Phi) is 18.8. The fourth-order valence-electron chi connectivity index (χ4n) is 17.8. The predicted molar refractivity (Wildman–Crippen MR) is 524 cm³/mol. The van der Waals surface area contributed by atoms with Gasteiger partial charge in [0.2, 0.25) is 5.95 Å². The van der Waals surface area contributed by atoms with Crippen LogP contribution in [0.5, 0.6) is 0 Å². The molecule has 11 heteroatoms. The van der Waals surface area contributed by atoms with E-state index in [0.717, 1.165) is 89.6 Å². The maximum absolute atomic E-state index is 5.26. The van der Waals surface area contributed by atoms with Gasteiger partial charge >= 0.3 is 0 Å². The summed E-state index contributed by atoms with van der Waals surface area (Å²) in [5.74, 6) is 3.53. The molecule has 0 atom stereocenters. The first-order chi connectivity index (χ1) is 62.0. The molecule has 0 radical (unpaired) electrons. The van der Waals surface area contributed by atoms with Gasteiger partial charge in [0.15, 0.2) is 17.5 Å². The molecule has 0 amide bonds. The van der Waals surface area contributed by atoms with E-state index in [4.69, 9.17) is 29.9 Å². The van der Waals surface area contributed by atoms with E-state index in [-0.39, 0.29) is 0 Å². The van der Waals surface area contributed by atoms with Crippen molar-refractivity contribution in [2.75, 3.05) is 0 Å². The second-order valence-corrected chi connectivity index (χ2v) is 33.3. The first-order valence-corrected chi connectivity index (χ1v) is 43.6. The lowest BCUT2D eigenvalue weighted by molar-refractivity contribution is 0.996. The largest absolute Gasteiger partial charge is 0.309 e. The molecule has 0 saturated carbocycles. The normalized spacial score (nSPS) is 11.5. The smallest absolute Gasteiger partial charge is 0.235 e. The van der Waals surface area contributed by atoms with Crippen LogP contribution in [0.3, 0.4) is 0 Å². The zero-order valence-electron chi connectivity index (χ0n) is 67.5. The van der Waals surface area contributed by atoms with Crippen LogP contribution < -0.4 is 0 Å². The number of fused-ring (bicyclic) bond motifs is 17. The third kappa shape index (κ3) is 13.6. The summed E-state index contributed by atoms with van der Waals surface area (Å²) in [5, 5.41) is 12.7. The van der Waals surface area contributed by atoms with E-state index < -0.39 is 0 Å². The zero-order valence-corrected chi connectivity index (χ0v) is 69.1. The highest BCUT2D eigenvalue weighted by Crippen LogP contribution is 2.47. The van der Waals surface area contributed by atoms with Gasteiger partial charge in [-0.3, -0.25) is 9.13 Å². The van der Waals surface area contributed by atoms with Crippen molar-refractivity contribution in [1.82, 2.24) is 43.6 Å². The summed E-state index contributed by atoms with van der Waals surface area (Å²) in [5.41, 5.74) is 23.9. The Morgan fingerprint density at radius 2 is 0.520 bits per heavy atom. The fourth-order valence-corrected chi connectivity index (χ4v) is 20.3. The van der Waals surface area contributed by atoms with E-state index in [2.05, 4.69) is 384 Å². The molecule has 9 nitrogen and oxygen atoms in total. The van der Waals surface area contributed by atoms with Crippen LogP contribution in [-0.2, 0) is 0 Å². The van der Waals surface area contributed by atoms with Crippen molar-refractivity contribution in [2.24, 2.45) is 0 Å². The minimum absolute atomic E-state index is 0.632. The Morgan fingerprint density at radius 1 is 0.176 bits per heavy atom. The Morgan fingerprint density at radius 3 is 0.976 bits per heavy atom. The Balaban J connectivity index is 0.000000109. The van der Waals surface area contributed by atoms with Gasteiger partial charge in [0, 0.05) is 112 Å². The predicted octanol–water partition coefficient (Wildman–Crippen LogP) is 30.5. The number of aromatic nitrogens is 9. The average molecular weight is 1630 g/mol. The maximum Gasteiger partial charge on any atom is 0.235 e. The minimum atomic E-state index is 0.632. The van der Waals surface area contributed by atoms with Crippen LogP contribution in [0.4, 0.5) is 0 Å². The Bertz CT molecular complexity index is 7800. The van der Waals surface area contributed by atoms with Crippen LogP contribution in [0.1, 0.15) is 0 Å². The van der Waals surface area contributed by atoms with E-state index in [1.807, 2.05) is 95.5 Å². The molecule has 0 unspecified atom stereocenters. The summed E-state index contributed by atoms with van der Waals surface area (Å²) in [6.07, 6.45) is 0. The van der Waals surface area contributed by atoms with Gasteiger partial charge in [0.1, 0.15) is 5.82 Å². The number of benzene rings is 17. The van der Waals surface area contributed by atoms with Crippen molar-refractivity contribution in [3.8, 4) is 119 Å². The van der Waals surface area contributed by atoms with Crippen molar-refractivity contribution in [3.05, 3.63) is 443 Å². The monoisotopic (exact) mass is 1630 g/mol. The van der Waals surface area contributed by atoms with Crippen molar-refractivity contribution < 1.29 is 0 Å². The van der Waals surface area contributed by atoms with E-state index >= 15 is 0 Å². The molecule has 25 aromatic rings. The van der Waals surface area contributed by atoms with Crippen molar-refractivity contribution in [1.29, 1.82) is 0 Å². The number of hydrogen-bond donors (Lipinski definition) is 0. The highest BCUT2D eigenvalue weighted by molar-refractivity contribution is 7.27. The number of para-hydroxylation sites is 2. The molecule has 0 aliphatic heterocycles. The maximum atomic E-state index is 5.26. The highest BCUT2D eigenvalue weighted by atomic mass is 32.1. The van der Waals surface area contributed by atoms with Gasteiger partial charge in [-0.15, -0.1) is 22.7 Å². The van der Waals surface area contributed by atoms with Gasteiger partial charge in [0.05, 0.1) is 50.2 Å². The second kappa shape index (κ2) is 31.8. The molecule has 0 spiro atoms. The lowest BCUT2D eigenvalue weighted by Crippen LogP contribution is -2.03. The summed E-state index contributed by atoms with van der Waals surface area (Å²) in [6, 6.07) is 156. The van der Waals surface area contributed by atoms with E-state index in [0.29, 0.717) is 23.4 Å². The van der Waals surface area contributed by atoms with Gasteiger partial charge in [-0.2, -0.15) is 0 Å². The number of pyridine rings is 1. The molecule has 8 aromatic heterocycles. The van der Waals surface area contributed by atoms with Crippen LogP contribution in [0.15, 0.2) is 443 Å². The molecular weight excluding hydrogens is 1560 g/mol. The lowest BCUT2D eigenvalue weighted by atomic mass is 10.0. The van der Waals surface area contributed by atoms with Crippen molar-refractivity contribution in [2.45, 2.75) is 0 Å². The molecule has 0 aliphatic carbocycles. The molecule has 0 N–H and O–H groups in total. The lowest BCUT2D eigenvalue weighted by Gasteiger charge is -2.13. The number of nitrogens with zero attached hydrogens (tertiary/aromatic N) is 9. The second-order valence-electron chi connectivity index (χ2n) is 31.2. The molecule has 0 bridgehead atoms. The van der Waals surface area contributed by atoms with E-state index in [9.17, 15) is 0 Å². The van der Waals surface area contributed by atoms with Crippen LogP contribution in [0.25, 0.3) is 225 Å². The number of rotatable bonds is 12. The molecule has 0 fully saturated rings. The molecular formula is C114H73N9S2. The molecule has 125 heavy (non-hydrogen) atoms. The fraction of sp³-hybridized carbons (Fsp3) is 0. The zero-order chi connectivity index (χ0) is 82.7. The third-order valence-electron chi connectivity index (χ3n) is 23.7. The number of hydrogen-bond acceptors (Lipinski definition) is 8. The van der Waals surface area contributed by atoms with Crippen LogP contribution in [-0.4, -0.2) is 43.6 Å². The van der Waals surface area contributed by atoms with Gasteiger partial charge < -0.3 is 4.57 Å². The van der Waals surface area contributed by atoms with Gasteiger partial charge in [-0.25, -0.2) is 29.9 Å². The van der Waals surface area contributed by atoms with Gasteiger partial charge in [-0.1, -0.05) is 352 Å². The van der Waals surface area contributed by atoms with E-state index in [1.165, 1.54) is 112 Å². The topological polar surface area (TPSA) is 92.1 Å². The molecule has 0 aliphatic rings. The Labute approximate surface area is 728 Å². The van der Waals surface area contributed by atoms with Crippen molar-refractivity contribution >= 4 is 128 Å². The quantitative estimate of drug-likeness (QED) is 0.121. The molecule has 8 heterocycles. The highest BCUT2D eigenvalue weighted by Gasteiger charge is 2.24. The van der Waals surface area contributed by atoms with Crippen LogP contribution >= 0.6 is 22.7 Å². The summed E-state index contributed by atoms with van der Waals surface area (Å²) in [6.45, 7) is 0. The van der Waals surface area contributed by atoms with Crippen LogP contribution in [0, 0.1) is 0 Å². The van der Waals surface area contributed by atoms with E-state index in [1.54, 1.807) is 0 Å². The SMILES string of the molecule is c1ccc(-c2cc(-c3ccccc3)nc(-n3c4ccccc4c4c5sc6ccccc6c5ccc43)c2)cc1.c1ccc(-c2cc(-c3ccccc3)nc(-n3c4ccccc4c4c5sc6ccccc6c5ccc43)n2)cc1.c1ccc(-c2ccc3c(c2)c2cc(-c4ccccc4)ccc2n3-c2cccc(-c3nc(-c4ccccc4)nc(-c4ccccc4)n3)c2)cc1. The molecule has 17 aromatic carbocycles. The standard InChI is InChI=1S/C45H30N4.C35H22N2S.C34H21N3S/c1-5-14-31(15-6-1)35-24-26-41-39(29-35)40-30-36(32-16-7-2-8-17-32)25-27-42(40)49(41)38-23-13-22-37(28-38)45-47-43(33-18-9-3-10-19-33)46-44(48-45)34-20-11-4-12-21-34;1-3-11-23(12-4-1)25-21-29(24-13-5-2-6-14-24)36-33(22-25)37-30-17-9-7-16-28(30)34-31(37)20-19-27-26-15-8-10-18-32(26)38-35(27)34;1-3-11-22(12-4-1)27-21-28(23-13-5-2-6-14-23)36-34(35-27)37-29-17-9-7-16-26(29)32-30(37)20-19-25-24-15-8-10-18-31(24)38-33(25)32/h1-30H;1-22H;1-21H. The first kappa shape index (κ1) is 73.9.